The van der Waals surface area contributed by atoms with Crippen molar-refractivity contribution in [3.05, 3.63) is 76.5 Å². The van der Waals surface area contributed by atoms with E-state index in [9.17, 15) is 15.2 Å². The average molecular weight is 431 g/mol. The van der Waals surface area contributed by atoms with Crippen LogP contribution >= 0.6 is 0 Å². The Morgan fingerprint density at radius 1 is 1.03 bits per heavy atom. The number of morpholine rings is 1. The SMILES string of the molecule is O=[N+]([O-])c1ccc(-c2nc(N3CCOCC3)c3cn(Cc4ccccc4)c(O)c3n2)cc1. The minimum Gasteiger partial charge on any atom is -0.493 e. The van der Waals surface area contributed by atoms with E-state index in [0.717, 1.165) is 10.9 Å². The van der Waals surface area contributed by atoms with Gasteiger partial charge in [0.15, 0.2) is 5.82 Å². The van der Waals surface area contributed by atoms with Gasteiger partial charge in [-0.2, -0.15) is 0 Å². The van der Waals surface area contributed by atoms with Crippen molar-refractivity contribution in [3.8, 4) is 17.3 Å². The van der Waals surface area contributed by atoms with Crippen LogP contribution in [0, 0.1) is 10.1 Å². The Hall–Kier alpha value is -3.98. The lowest BCUT2D eigenvalue weighted by molar-refractivity contribution is -0.384. The maximum absolute atomic E-state index is 11.0. The van der Waals surface area contributed by atoms with E-state index in [1.165, 1.54) is 12.1 Å². The molecule has 4 aromatic rings. The van der Waals surface area contributed by atoms with E-state index in [1.807, 2.05) is 36.5 Å². The number of fused-ring (bicyclic) bond motifs is 1. The summed E-state index contributed by atoms with van der Waals surface area (Å²) in [5, 5.41) is 22.8. The molecule has 0 aliphatic carbocycles. The Labute approximate surface area is 183 Å². The predicted molar refractivity (Wildman–Crippen MR) is 120 cm³/mol. The largest absolute Gasteiger partial charge is 0.493 e. The Bertz CT molecular complexity index is 1270. The number of nitro groups is 1. The van der Waals surface area contributed by atoms with Crippen molar-refractivity contribution < 1.29 is 14.8 Å². The minimum absolute atomic E-state index is 0.0000852. The summed E-state index contributed by atoms with van der Waals surface area (Å²) in [6.45, 7) is 3.04. The number of anilines is 1. The van der Waals surface area contributed by atoms with E-state index in [1.54, 1.807) is 16.7 Å². The van der Waals surface area contributed by atoms with Gasteiger partial charge in [-0.15, -0.1) is 0 Å². The third-order valence-corrected chi connectivity index (χ3v) is 5.54. The lowest BCUT2D eigenvalue weighted by atomic mass is 10.2. The van der Waals surface area contributed by atoms with Crippen LogP contribution in [0.5, 0.6) is 5.88 Å². The number of hydrogen-bond acceptors (Lipinski definition) is 7. The maximum Gasteiger partial charge on any atom is 0.269 e. The number of benzene rings is 2. The number of aromatic nitrogens is 3. The van der Waals surface area contributed by atoms with Crippen molar-refractivity contribution in [2.75, 3.05) is 31.2 Å². The summed E-state index contributed by atoms with van der Waals surface area (Å²) in [7, 11) is 0. The van der Waals surface area contributed by atoms with Crippen molar-refractivity contribution >= 4 is 22.4 Å². The Morgan fingerprint density at radius 2 is 1.75 bits per heavy atom. The summed E-state index contributed by atoms with van der Waals surface area (Å²) in [6.07, 6.45) is 1.88. The second-order valence-electron chi connectivity index (χ2n) is 7.60. The highest BCUT2D eigenvalue weighted by molar-refractivity contribution is 5.94. The van der Waals surface area contributed by atoms with Crippen molar-refractivity contribution in [1.82, 2.24) is 14.5 Å². The molecule has 1 aliphatic rings. The molecule has 1 N–H and O–H groups in total. The molecule has 0 saturated carbocycles. The predicted octanol–water partition coefficient (Wildman–Crippen LogP) is 3.60. The Balaban J connectivity index is 1.63. The van der Waals surface area contributed by atoms with E-state index in [2.05, 4.69) is 9.88 Å². The molecule has 0 radical (unpaired) electrons. The molecule has 32 heavy (non-hydrogen) atoms. The first kappa shape index (κ1) is 20.0. The minimum atomic E-state index is -0.442. The van der Waals surface area contributed by atoms with Gasteiger partial charge in [0, 0.05) is 37.0 Å². The highest BCUT2D eigenvalue weighted by Crippen LogP contribution is 2.35. The average Bonchev–Trinajstić information content (AvgIpc) is 3.15. The number of nitrogens with zero attached hydrogens (tertiary/aromatic N) is 5. The normalized spacial score (nSPS) is 14.1. The van der Waals surface area contributed by atoms with Gasteiger partial charge in [-0.05, 0) is 17.7 Å². The Morgan fingerprint density at radius 3 is 2.44 bits per heavy atom. The third-order valence-electron chi connectivity index (χ3n) is 5.54. The van der Waals surface area contributed by atoms with Gasteiger partial charge in [0.2, 0.25) is 5.88 Å². The number of nitro benzene ring substituents is 1. The fraction of sp³-hybridized carbons (Fsp3) is 0.217. The summed E-state index contributed by atoms with van der Waals surface area (Å²) in [5.74, 6) is 1.18. The molecule has 0 bridgehead atoms. The molecule has 0 spiro atoms. The van der Waals surface area contributed by atoms with Gasteiger partial charge in [0.05, 0.1) is 30.1 Å². The molecular formula is C23H21N5O4. The first-order valence-corrected chi connectivity index (χ1v) is 10.3. The molecule has 2 aromatic carbocycles. The van der Waals surface area contributed by atoms with Crippen molar-refractivity contribution in [2.24, 2.45) is 0 Å². The summed E-state index contributed by atoms with van der Waals surface area (Å²) < 4.78 is 7.25. The highest BCUT2D eigenvalue weighted by atomic mass is 16.6. The molecule has 162 valence electrons. The van der Waals surface area contributed by atoms with Crippen LogP contribution in [0.25, 0.3) is 22.3 Å². The molecule has 0 unspecified atom stereocenters. The van der Waals surface area contributed by atoms with Crippen LogP contribution in [0.3, 0.4) is 0 Å². The number of non-ortho nitro benzene ring substituents is 1. The van der Waals surface area contributed by atoms with E-state index in [4.69, 9.17) is 9.72 Å². The number of aromatic hydroxyl groups is 1. The van der Waals surface area contributed by atoms with Crippen molar-refractivity contribution in [2.45, 2.75) is 6.54 Å². The molecule has 9 heteroatoms. The number of ether oxygens (including phenoxy) is 1. The summed E-state index contributed by atoms with van der Waals surface area (Å²) in [5.41, 5.74) is 2.15. The molecule has 1 saturated heterocycles. The molecule has 1 fully saturated rings. The van der Waals surface area contributed by atoms with Gasteiger partial charge in [0.25, 0.3) is 5.69 Å². The van der Waals surface area contributed by atoms with Crippen molar-refractivity contribution in [1.29, 1.82) is 0 Å². The molecule has 9 nitrogen and oxygen atoms in total. The quantitative estimate of drug-likeness (QED) is 0.380. The zero-order valence-corrected chi connectivity index (χ0v) is 17.2. The lowest BCUT2D eigenvalue weighted by Crippen LogP contribution is -2.37. The van der Waals surface area contributed by atoms with Crippen LogP contribution in [0.15, 0.2) is 60.8 Å². The van der Waals surface area contributed by atoms with Gasteiger partial charge < -0.3 is 19.3 Å². The van der Waals surface area contributed by atoms with Crippen LogP contribution in [-0.4, -0.2) is 50.9 Å². The molecule has 1 aliphatic heterocycles. The zero-order valence-electron chi connectivity index (χ0n) is 17.2. The number of hydrogen-bond donors (Lipinski definition) is 1. The van der Waals surface area contributed by atoms with Crippen LogP contribution in [-0.2, 0) is 11.3 Å². The van der Waals surface area contributed by atoms with Gasteiger partial charge in [0.1, 0.15) is 11.3 Å². The smallest absolute Gasteiger partial charge is 0.269 e. The zero-order chi connectivity index (χ0) is 22.1. The third kappa shape index (κ3) is 3.74. The fourth-order valence-electron chi connectivity index (χ4n) is 3.88. The number of rotatable bonds is 5. The van der Waals surface area contributed by atoms with Crippen LogP contribution in [0.4, 0.5) is 11.5 Å². The first-order valence-electron chi connectivity index (χ1n) is 10.3. The molecule has 0 amide bonds. The van der Waals surface area contributed by atoms with Crippen molar-refractivity contribution in [3.63, 3.8) is 0 Å². The second kappa shape index (κ2) is 8.27. The lowest BCUT2D eigenvalue weighted by Gasteiger charge is -2.28. The molecule has 0 atom stereocenters. The topological polar surface area (TPSA) is 107 Å². The van der Waals surface area contributed by atoms with E-state index in [-0.39, 0.29) is 11.6 Å². The van der Waals surface area contributed by atoms with E-state index < -0.39 is 4.92 Å². The van der Waals surface area contributed by atoms with Gasteiger partial charge in [-0.3, -0.25) is 10.1 Å². The standard InChI is InChI=1S/C23H21N5O4/c29-23-20-19(15-27(23)14-16-4-2-1-3-5-16)22(26-10-12-32-13-11-26)25-21(24-20)17-6-8-18(9-7-17)28(30)31/h1-9,15,29H,10-14H2. The second-order valence-corrected chi connectivity index (χ2v) is 7.60. The summed E-state index contributed by atoms with van der Waals surface area (Å²) in [4.78, 5) is 22.1. The first-order chi connectivity index (χ1) is 15.6. The van der Waals surface area contributed by atoms with Gasteiger partial charge in [-0.1, -0.05) is 30.3 Å². The molecule has 3 heterocycles. The summed E-state index contributed by atoms with van der Waals surface area (Å²) in [6, 6.07) is 16.0. The van der Waals surface area contributed by atoms with Gasteiger partial charge in [-0.25, -0.2) is 9.97 Å². The highest BCUT2D eigenvalue weighted by Gasteiger charge is 2.22. The van der Waals surface area contributed by atoms with Crippen LogP contribution in [0.1, 0.15) is 5.56 Å². The fourth-order valence-corrected chi connectivity index (χ4v) is 3.88. The van der Waals surface area contributed by atoms with E-state index >= 15 is 0 Å². The van der Waals surface area contributed by atoms with Crippen LogP contribution < -0.4 is 4.90 Å². The van der Waals surface area contributed by atoms with Gasteiger partial charge >= 0.3 is 0 Å². The molecule has 2 aromatic heterocycles. The van der Waals surface area contributed by atoms with Crippen LogP contribution in [0.2, 0.25) is 0 Å². The summed E-state index contributed by atoms with van der Waals surface area (Å²) >= 11 is 0. The monoisotopic (exact) mass is 431 g/mol. The van der Waals surface area contributed by atoms with E-state index in [0.29, 0.717) is 55.6 Å². The Kier molecular flexibility index (Phi) is 5.16. The maximum atomic E-state index is 11.0. The molecular weight excluding hydrogens is 410 g/mol. The molecule has 5 rings (SSSR count).